The summed E-state index contributed by atoms with van der Waals surface area (Å²) in [4.78, 5) is 12.1. The van der Waals surface area contributed by atoms with E-state index >= 15 is 0 Å². The monoisotopic (exact) mass is 447 g/mol. The molecule has 168 valence electrons. The zero-order valence-electron chi connectivity index (χ0n) is 18.1. The van der Waals surface area contributed by atoms with E-state index in [1.54, 1.807) is 6.07 Å². The molecule has 0 fully saturated rings. The second-order valence-corrected chi connectivity index (χ2v) is 9.46. The predicted octanol–water partition coefficient (Wildman–Crippen LogP) is 4.43. The Morgan fingerprint density at radius 1 is 1.10 bits per heavy atom. The van der Waals surface area contributed by atoms with Gasteiger partial charge in [-0.2, -0.15) is 8.42 Å². The first-order valence-electron chi connectivity index (χ1n) is 10.4. The first kappa shape index (κ1) is 23.4. The SMILES string of the molecule is CCOCOCC1c2cc(NC(=O)CCC(C)C)ccc2-c2ccc(S(=O)(=O)O)cc21. The minimum Gasteiger partial charge on any atom is -0.356 e. The summed E-state index contributed by atoms with van der Waals surface area (Å²) in [6.45, 7) is 6.95. The minimum absolute atomic E-state index is 0.0398. The van der Waals surface area contributed by atoms with Gasteiger partial charge in [-0.3, -0.25) is 9.35 Å². The molecule has 0 heterocycles. The number of ether oxygens (including phenoxy) is 2. The van der Waals surface area contributed by atoms with Crippen LogP contribution in [-0.4, -0.2) is 38.9 Å². The number of benzene rings is 2. The number of carbonyl (C=O) groups excluding carboxylic acids is 1. The van der Waals surface area contributed by atoms with E-state index in [0.29, 0.717) is 24.6 Å². The van der Waals surface area contributed by atoms with Crippen molar-refractivity contribution in [3.05, 3.63) is 47.5 Å². The van der Waals surface area contributed by atoms with Crippen molar-refractivity contribution in [3.8, 4) is 11.1 Å². The average molecular weight is 448 g/mol. The van der Waals surface area contributed by atoms with Crippen LogP contribution in [0.5, 0.6) is 0 Å². The van der Waals surface area contributed by atoms with Crippen LogP contribution in [0, 0.1) is 5.92 Å². The van der Waals surface area contributed by atoms with E-state index in [-0.39, 0.29) is 30.1 Å². The number of rotatable bonds is 10. The van der Waals surface area contributed by atoms with Crippen molar-refractivity contribution in [2.24, 2.45) is 5.92 Å². The van der Waals surface area contributed by atoms with Crippen molar-refractivity contribution in [1.29, 1.82) is 0 Å². The zero-order valence-corrected chi connectivity index (χ0v) is 18.9. The van der Waals surface area contributed by atoms with Gasteiger partial charge in [0.25, 0.3) is 10.1 Å². The van der Waals surface area contributed by atoms with Crippen LogP contribution < -0.4 is 5.32 Å². The number of anilines is 1. The van der Waals surface area contributed by atoms with E-state index < -0.39 is 10.1 Å². The van der Waals surface area contributed by atoms with Crippen molar-refractivity contribution >= 4 is 21.7 Å². The van der Waals surface area contributed by atoms with Gasteiger partial charge in [-0.05, 0) is 65.8 Å². The van der Waals surface area contributed by atoms with Gasteiger partial charge >= 0.3 is 0 Å². The molecule has 0 saturated carbocycles. The van der Waals surface area contributed by atoms with Crippen LogP contribution in [0.3, 0.4) is 0 Å². The van der Waals surface area contributed by atoms with E-state index in [9.17, 15) is 17.8 Å². The highest BCUT2D eigenvalue weighted by Crippen LogP contribution is 2.46. The van der Waals surface area contributed by atoms with Crippen LogP contribution in [0.2, 0.25) is 0 Å². The fourth-order valence-corrected chi connectivity index (χ4v) is 4.22. The van der Waals surface area contributed by atoms with Crippen LogP contribution in [0.1, 0.15) is 50.7 Å². The third-order valence-electron chi connectivity index (χ3n) is 5.30. The normalized spacial score (nSPS) is 15.1. The third kappa shape index (κ3) is 5.71. The molecule has 2 N–H and O–H groups in total. The number of carbonyl (C=O) groups is 1. The lowest BCUT2D eigenvalue weighted by atomic mass is 9.97. The van der Waals surface area contributed by atoms with Gasteiger partial charge in [0, 0.05) is 24.6 Å². The Morgan fingerprint density at radius 2 is 1.77 bits per heavy atom. The van der Waals surface area contributed by atoms with Crippen LogP contribution in [0.4, 0.5) is 5.69 Å². The maximum atomic E-state index is 12.3. The van der Waals surface area contributed by atoms with Gasteiger partial charge in [0.1, 0.15) is 6.79 Å². The summed E-state index contributed by atoms with van der Waals surface area (Å²) in [7, 11) is -4.32. The number of nitrogens with one attached hydrogen (secondary N) is 1. The summed E-state index contributed by atoms with van der Waals surface area (Å²) in [5.41, 5.74) is 4.20. The van der Waals surface area contributed by atoms with Crippen molar-refractivity contribution in [2.75, 3.05) is 25.3 Å². The molecular formula is C23H29NO6S. The first-order valence-corrected chi connectivity index (χ1v) is 11.9. The van der Waals surface area contributed by atoms with Crippen molar-refractivity contribution in [2.45, 2.75) is 44.4 Å². The topological polar surface area (TPSA) is 102 Å². The average Bonchev–Trinajstić information content (AvgIpc) is 3.01. The smallest absolute Gasteiger partial charge is 0.294 e. The fourth-order valence-electron chi connectivity index (χ4n) is 3.71. The Balaban J connectivity index is 1.91. The second-order valence-electron chi connectivity index (χ2n) is 8.04. The molecule has 0 aromatic heterocycles. The van der Waals surface area contributed by atoms with E-state index in [0.717, 1.165) is 28.7 Å². The summed E-state index contributed by atoms with van der Waals surface area (Å²) in [5.74, 6) is 0.158. The highest BCUT2D eigenvalue weighted by Gasteiger charge is 2.30. The highest BCUT2D eigenvalue weighted by atomic mass is 32.2. The molecule has 1 atom stereocenters. The molecule has 8 heteroatoms. The van der Waals surface area contributed by atoms with Gasteiger partial charge < -0.3 is 14.8 Å². The summed E-state index contributed by atoms with van der Waals surface area (Å²) >= 11 is 0. The molecule has 1 aliphatic carbocycles. The molecule has 0 aliphatic heterocycles. The Labute approximate surface area is 183 Å². The Bertz CT molecular complexity index is 1050. The molecule has 1 amide bonds. The van der Waals surface area contributed by atoms with Crippen LogP contribution in [0.25, 0.3) is 11.1 Å². The van der Waals surface area contributed by atoms with Gasteiger partial charge in [0.2, 0.25) is 5.91 Å². The van der Waals surface area contributed by atoms with Crippen molar-refractivity contribution in [1.82, 2.24) is 0 Å². The van der Waals surface area contributed by atoms with E-state index in [2.05, 4.69) is 19.2 Å². The summed E-state index contributed by atoms with van der Waals surface area (Å²) in [6.07, 6.45) is 1.27. The van der Waals surface area contributed by atoms with Crippen molar-refractivity contribution in [3.63, 3.8) is 0 Å². The van der Waals surface area contributed by atoms with Crippen LogP contribution in [0.15, 0.2) is 41.3 Å². The van der Waals surface area contributed by atoms with Crippen LogP contribution >= 0.6 is 0 Å². The molecule has 31 heavy (non-hydrogen) atoms. The highest BCUT2D eigenvalue weighted by molar-refractivity contribution is 7.85. The molecule has 0 spiro atoms. The lowest BCUT2D eigenvalue weighted by Gasteiger charge is -2.16. The Kier molecular flexibility index (Phi) is 7.48. The minimum atomic E-state index is -4.32. The standard InChI is InChI=1S/C23H29NO6S/c1-4-29-14-30-13-22-20-11-16(24-23(25)10-5-15(2)3)6-8-18(20)19-9-7-17(12-21(19)22)31(26,27)28/h6-9,11-12,15,22H,4-5,10,13-14H2,1-3H3,(H,24,25)(H,26,27,28). The molecule has 0 saturated heterocycles. The first-order chi connectivity index (χ1) is 14.7. The summed E-state index contributed by atoms with van der Waals surface area (Å²) in [6, 6.07) is 10.2. The number of hydrogen-bond acceptors (Lipinski definition) is 5. The van der Waals surface area contributed by atoms with E-state index in [1.165, 1.54) is 12.1 Å². The third-order valence-corrected chi connectivity index (χ3v) is 6.15. The van der Waals surface area contributed by atoms with Gasteiger partial charge in [-0.15, -0.1) is 0 Å². The number of fused-ring (bicyclic) bond motifs is 3. The van der Waals surface area contributed by atoms with Gasteiger partial charge in [0.15, 0.2) is 0 Å². The lowest BCUT2D eigenvalue weighted by Crippen LogP contribution is -2.13. The molecule has 7 nitrogen and oxygen atoms in total. The molecule has 0 bridgehead atoms. The molecule has 0 radical (unpaired) electrons. The maximum Gasteiger partial charge on any atom is 0.294 e. The largest absolute Gasteiger partial charge is 0.356 e. The number of amides is 1. The van der Waals surface area contributed by atoms with Gasteiger partial charge in [0.05, 0.1) is 11.5 Å². The van der Waals surface area contributed by atoms with Gasteiger partial charge in [-0.1, -0.05) is 26.0 Å². The number of hydrogen-bond donors (Lipinski definition) is 2. The Morgan fingerprint density at radius 3 is 2.42 bits per heavy atom. The predicted molar refractivity (Wildman–Crippen MR) is 119 cm³/mol. The molecule has 1 unspecified atom stereocenters. The summed E-state index contributed by atoms with van der Waals surface area (Å²) < 4.78 is 43.7. The molecular weight excluding hydrogens is 418 g/mol. The maximum absolute atomic E-state index is 12.3. The molecule has 2 aromatic carbocycles. The molecule has 3 rings (SSSR count). The second kappa shape index (κ2) is 9.91. The van der Waals surface area contributed by atoms with E-state index in [1.807, 2.05) is 25.1 Å². The summed E-state index contributed by atoms with van der Waals surface area (Å²) in [5, 5.41) is 2.95. The fraction of sp³-hybridized carbons (Fsp3) is 0.435. The lowest BCUT2D eigenvalue weighted by molar-refractivity contribution is -0.116. The van der Waals surface area contributed by atoms with Crippen molar-refractivity contribution < 1.29 is 27.2 Å². The van der Waals surface area contributed by atoms with Gasteiger partial charge in [-0.25, -0.2) is 0 Å². The molecule has 1 aliphatic rings. The van der Waals surface area contributed by atoms with E-state index in [4.69, 9.17) is 9.47 Å². The zero-order chi connectivity index (χ0) is 22.6. The quantitative estimate of drug-likeness (QED) is 0.317. The van der Waals surface area contributed by atoms with Crippen LogP contribution in [-0.2, 0) is 24.4 Å². The Hall–Kier alpha value is -2.26. The molecule has 2 aromatic rings.